The maximum atomic E-state index is 11.8. The number of allylic oxidation sites excluding steroid dienone is 4. The predicted molar refractivity (Wildman–Crippen MR) is 124 cm³/mol. The Balaban J connectivity index is 1.77. The van der Waals surface area contributed by atoms with Gasteiger partial charge in [-0.2, -0.15) is 0 Å². The van der Waals surface area contributed by atoms with E-state index in [9.17, 15) is 35.1 Å². The second-order valence-corrected chi connectivity index (χ2v) is 9.05. The van der Waals surface area contributed by atoms with Gasteiger partial charge in [-0.05, 0) is 12.2 Å². The highest BCUT2D eigenvalue weighted by Gasteiger charge is 2.46. The molecule has 3 aliphatic heterocycles. The lowest BCUT2D eigenvalue weighted by Crippen LogP contribution is -3.07. The maximum Gasteiger partial charge on any atom is 0.303 e. The van der Waals surface area contributed by atoms with Crippen molar-refractivity contribution in [3.8, 4) is 0 Å². The van der Waals surface area contributed by atoms with Gasteiger partial charge < -0.3 is 54.5 Å². The number of nitrogens with one attached hydrogen (secondary N) is 1. The topological polar surface area (TPSA) is 190 Å². The first-order chi connectivity index (χ1) is 17.7. The summed E-state index contributed by atoms with van der Waals surface area (Å²) in [6.45, 7) is 4.44. The smallest absolute Gasteiger partial charge is 0.303 e. The Hall–Kier alpha value is -2.84. The van der Waals surface area contributed by atoms with E-state index in [1.165, 1.54) is 6.08 Å². The first-order valence-electron chi connectivity index (χ1n) is 11.9. The molecule has 3 aliphatic rings. The molecule has 0 aromatic rings. The first kappa shape index (κ1) is 28.7. The third kappa shape index (κ3) is 7.14. The van der Waals surface area contributed by atoms with Gasteiger partial charge in [0.05, 0.1) is 31.8 Å². The number of carboxylic acids is 2. The molecule has 1 fully saturated rings. The summed E-state index contributed by atoms with van der Waals surface area (Å²) in [6.07, 6.45) is 3.32. The number of hydrogen-bond donors (Lipinski definition) is 6. The molecule has 6 N–H and O–H groups in total. The van der Waals surface area contributed by atoms with Crippen molar-refractivity contribution in [2.75, 3.05) is 19.7 Å². The van der Waals surface area contributed by atoms with Crippen molar-refractivity contribution in [1.82, 2.24) is 0 Å². The van der Waals surface area contributed by atoms with Crippen LogP contribution in [-0.4, -0.2) is 94.2 Å². The van der Waals surface area contributed by atoms with E-state index >= 15 is 0 Å². The van der Waals surface area contributed by atoms with Crippen LogP contribution in [-0.2, 0) is 23.8 Å². The molecular weight excluding hydrogens is 490 g/mol. The van der Waals surface area contributed by atoms with Gasteiger partial charge in [-0.25, -0.2) is 0 Å². The monoisotopic (exact) mass is 523 g/mol. The molecule has 12 heteroatoms. The Kier molecular flexibility index (Phi) is 10.2. The second-order valence-electron chi connectivity index (χ2n) is 9.05. The number of aliphatic carboxylic acids is 2. The third-order valence-corrected chi connectivity index (χ3v) is 6.49. The first-order valence-corrected chi connectivity index (χ1v) is 11.9. The van der Waals surface area contributed by atoms with Gasteiger partial charge in [0.25, 0.3) is 0 Å². The number of aliphatic hydroxyl groups excluding tert-OH is 4. The van der Waals surface area contributed by atoms with Gasteiger partial charge in [-0.1, -0.05) is 18.2 Å². The van der Waals surface area contributed by atoms with Gasteiger partial charge in [0.2, 0.25) is 6.29 Å². The van der Waals surface area contributed by atoms with Crippen molar-refractivity contribution in [2.24, 2.45) is 11.8 Å². The van der Waals surface area contributed by atoms with Gasteiger partial charge in [0.1, 0.15) is 37.2 Å². The molecule has 0 aromatic carbocycles. The van der Waals surface area contributed by atoms with Crippen molar-refractivity contribution < 1.29 is 59.3 Å². The van der Waals surface area contributed by atoms with Crippen molar-refractivity contribution >= 4 is 11.9 Å². The van der Waals surface area contributed by atoms with Crippen LogP contribution in [0.1, 0.15) is 12.8 Å². The number of carboxylic acid groups (broad SMARTS) is 2. The van der Waals surface area contributed by atoms with E-state index in [-0.39, 0.29) is 12.0 Å². The van der Waals surface area contributed by atoms with Gasteiger partial charge in [0.15, 0.2) is 6.29 Å². The van der Waals surface area contributed by atoms with E-state index in [1.54, 1.807) is 12.2 Å². The standard InChI is InChI=1S/C25H33NO11/c1-2-15-16(8-7-14-5-3-9-26(11-14)10-4-6-19(28)29)17(23(33)34)13-35-24(15)37-25-22(32)21(31)20(30)18(12-27)36-25/h2-3,5,7-8,11,13,15-16,18,20-22,24-25,27,30-32H,1,4,6,9-10,12H2,(H,28,29)(H,33,34). The number of carbonyl (C=O) groups is 2. The molecule has 0 amide bonds. The maximum absolute atomic E-state index is 11.8. The molecule has 1 saturated heterocycles. The lowest BCUT2D eigenvalue weighted by Gasteiger charge is -2.43. The summed E-state index contributed by atoms with van der Waals surface area (Å²) < 4.78 is 16.5. The summed E-state index contributed by atoms with van der Waals surface area (Å²) in [5.41, 5.74) is 0.621. The van der Waals surface area contributed by atoms with Crippen LogP contribution >= 0.6 is 0 Å². The van der Waals surface area contributed by atoms with Crippen molar-refractivity contribution in [1.29, 1.82) is 0 Å². The summed E-state index contributed by atoms with van der Waals surface area (Å²) in [7, 11) is 0. The van der Waals surface area contributed by atoms with Gasteiger partial charge >= 0.3 is 5.97 Å². The van der Waals surface area contributed by atoms with Crippen LogP contribution in [0.5, 0.6) is 0 Å². The van der Waals surface area contributed by atoms with E-state index in [1.807, 2.05) is 18.4 Å². The third-order valence-electron chi connectivity index (χ3n) is 6.49. The van der Waals surface area contributed by atoms with Gasteiger partial charge in [-0.3, -0.25) is 4.79 Å². The Morgan fingerprint density at radius 1 is 1.22 bits per heavy atom. The number of carbonyl (C=O) groups excluding carboxylic acids is 1. The summed E-state index contributed by atoms with van der Waals surface area (Å²) in [6, 6.07) is 0. The summed E-state index contributed by atoms with van der Waals surface area (Å²) in [5.74, 6) is -3.90. The fourth-order valence-electron chi connectivity index (χ4n) is 4.44. The van der Waals surface area contributed by atoms with Gasteiger partial charge in [0, 0.05) is 29.4 Å². The Morgan fingerprint density at radius 2 is 1.97 bits per heavy atom. The Bertz CT molecular complexity index is 956. The molecule has 204 valence electrons. The summed E-state index contributed by atoms with van der Waals surface area (Å²) in [5, 5.41) is 60.4. The SMILES string of the molecule is C=CC1C(OC2OC(CO)C(O)C(O)C2O)OC=C(C(=O)[O-])C1C=CC1=C[NH+](CCCC(=O)O)CC=C1. The van der Waals surface area contributed by atoms with Crippen LogP contribution in [0.4, 0.5) is 0 Å². The zero-order valence-corrected chi connectivity index (χ0v) is 20.1. The average Bonchev–Trinajstić information content (AvgIpc) is 2.87. The number of rotatable bonds is 11. The van der Waals surface area contributed by atoms with E-state index < -0.39 is 67.4 Å². The molecule has 9 unspecified atom stereocenters. The highest BCUT2D eigenvalue weighted by molar-refractivity contribution is 5.85. The summed E-state index contributed by atoms with van der Waals surface area (Å²) >= 11 is 0. The van der Waals surface area contributed by atoms with Crippen molar-refractivity contribution in [3.05, 3.63) is 60.6 Å². The minimum Gasteiger partial charge on any atom is -0.545 e. The van der Waals surface area contributed by atoms with E-state index in [4.69, 9.17) is 19.3 Å². The summed E-state index contributed by atoms with van der Waals surface area (Å²) in [4.78, 5) is 23.6. The largest absolute Gasteiger partial charge is 0.545 e. The fourth-order valence-corrected chi connectivity index (χ4v) is 4.44. The molecule has 0 spiro atoms. The fraction of sp³-hybridized carbons (Fsp3) is 0.520. The molecule has 0 aliphatic carbocycles. The molecule has 3 rings (SSSR count). The highest BCUT2D eigenvalue weighted by Crippen LogP contribution is 2.35. The number of ether oxygens (including phenoxy) is 3. The van der Waals surface area contributed by atoms with Crippen molar-refractivity contribution in [2.45, 2.75) is 49.8 Å². The zero-order chi connectivity index (χ0) is 27.1. The quantitative estimate of drug-likeness (QED) is 0.151. The lowest BCUT2D eigenvalue weighted by atomic mass is 9.83. The minimum absolute atomic E-state index is 0.0743. The molecular formula is C25H33NO11. The zero-order valence-electron chi connectivity index (χ0n) is 20.1. The molecule has 3 heterocycles. The number of aliphatic hydroxyl groups is 4. The van der Waals surface area contributed by atoms with E-state index in [0.29, 0.717) is 19.5 Å². The van der Waals surface area contributed by atoms with E-state index in [0.717, 1.165) is 16.7 Å². The second kappa shape index (κ2) is 13.1. The van der Waals surface area contributed by atoms with Crippen LogP contribution in [0.2, 0.25) is 0 Å². The molecule has 0 radical (unpaired) electrons. The van der Waals surface area contributed by atoms with Crippen LogP contribution in [0.15, 0.2) is 60.6 Å². The molecule has 37 heavy (non-hydrogen) atoms. The van der Waals surface area contributed by atoms with Crippen LogP contribution in [0.25, 0.3) is 0 Å². The average molecular weight is 524 g/mol. The number of hydrogen-bond acceptors (Lipinski definition) is 10. The molecule has 12 nitrogen and oxygen atoms in total. The Labute approximate surface area is 213 Å². The van der Waals surface area contributed by atoms with Crippen LogP contribution in [0, 0.1) is 11.8 Å². The van der Waals surface area contributed by atoms with Crippen LogP contribution in [0.3, 0.4) is 0 Å². The normalized spacial score (nSPS) is 35.9. The molecule has 0 bridgehead atoms. The minimum atomic E-state index is -1.67. The molecule has 9 atom stereocenters. The Morgan fingerprint density at radius 3 is 2.62 bits per heavy atom. The van der Waals surface area contributed by atoms with E-state index in [2.05, 4.69) is 6.58 Å². The van der Waals surface area contributed by atoms with Crippen molar-refractivity contribution in [3.63, 3.8) is 0 Å². The molecule has 0 saturated carbocycles. The lowest BCUT2D eigenvalue weighted by molar-refractivity contribution is -0.841. The highest BCUT2D eigenvalue weighted by atomic mass is 16.8. The van der Waals surface area contributed by atoms with Crippen LogP contribution < -0.4 is 10.0 Å². The predicted octanol–water partition coefficient (Wildman–Crippen LogP) is -3.03. The van der Waals surface area contributed by atoms with Gasteiger partial charge in [-0.15, -0.1) is 6.58 Å². The molecule has 0 aromatic heterocycles. The number of quaternary nitrogens is 1.